The number of ether oxygens (including phenoxy) is 2. The quantitative estimate of drug-likeness (QED) is 0.460. The van der Waals surface area contributed by atoms with E-state index in [-0.39, 0.29) is 18.6 Å². The third-order valence-corrected chi connectivity index (χ3v) is 6.24. The number of carbonyl (C=O) groups excluding carboxylic acids is 2. The number of carbonyl (C=O) groups is 2. The summed E-state index contributed by atoms with van der Waals surface area (Å²) in [4.78, 5) is 26.8. The normalized spacial score (nSPS) is 16.6. The number of rotatable bonds is 4. The van der Waals surface area contributed by atoms with Crippen molar-refractivity contribution in [3.63, 3.8) is 0 Å². The van der Waals surface area contributed by atoms with Crippen LogP contribution in [0.25, 0.3) is 17.4 Å². The Morgan fingerprint density at radius 3 is 2.58 bits per heavy atom. The second-order valence-corrected chi connectivity index (χ2v) is 8.53. The summed E-state index contributed by atoms with van der Waals surface area (Å²) in [6, 6.07) is 14.9. The summed E-state index contributed by atoms with van der Waals surface area (Å²) in [5, 5.41) is 0.0383. The van der Waals surface area contributed by atoms with Gasteiger partial charge in [-0.05, 0) is 42.4 Å². The van der Waals surface area contributed by atoms with Gasteiger partial charge in [0.2, 0.25) is 6.79 Å². The van der Waals surface area contributed by atoms with Gasteiger partial charge in [0.1, 0.15) is 11.5 Å². The molecule has 2 aliphatic rings. The average molecular weight is 454 g/mol. The van der Waals surface area contributed by atoms with E-state index in [0.29, 0.717) is 38.5 Å². The summed E-state index contributed by atoms with van der Waals surface area (Å²) in [5.41, 5.74) is 2.71. The maximum Gasteiger partial charge on any atom is 0.293 e. The van der Waals surface area contributed by atoms with Gasteiger partial charge in [0, 0.05) is 22.7 Å². The molecular formula is C23H16ClNO5S. The monoisotopic (exact) mass is 453 g/mol. The summed E-state index contributed by atoms with van der Waals surface area (Å²) in [6.07, 6.45) is 1.59. The number of hydrogen-bond donors (Lipinski definition) is 0. The lowest BCUT2D eigenvalue weighted by Crippen LogP contribution is -2.27. The van der Waals surface area contributed by atoms with Crippen LogP contribution in [0.3, 0.4) is 0 Å². The zero-order valence-electron chi connectivity index (χ0n) is 16.4. The Bertz CT molecular complexity index is 1230. The molecule has 0 aliphatic carbocycles. The van der Waals surface area contributed by atoms with Crippen molar-refractivity contribution in [3.05, 3.63) is 75.3 Å². The summed E-state index contributed by atoms with van der Waals surface area (Å²) in [7, 11) is 0. The molecule has 0 N–H and O–H groups in total. The van der Waals surface area contributed by atoms with Gasteiger partial charge in [-0.1, -0.05) is 41.4 Å². The molecule has 0 saturated carbocycles. The fourth-order valence-electron chi connectivity index (χ4n) is 3.32. The number of halogens is 1. The second kappa shape index (κ2) is 7.83. The maximum atomic E-state index is 12.9. The molecule has 156 valence electrons. The zero-order valence-corrected chi connectivity index (χ0v) is 18.0. The van der Waals surface area contributed by atoms with Crippen molar-refractivity contribution < 1.29 is 23.5 Å². The molecule has 1 saturated heterocycles. The topological polar surface area (TPSA) is 69.0 Å². The third-order valence-electron chi connectivity index (χ3n) is 4.98. The molecule has 2 aliphatic heterocycles. The van der Waals surface area contributed by atoms with E-state index in [0.717, 1.165) is 27.8 Å². The van der Waals surface area contributed by atoms with E-state index in [9.17, 15) is 9.59 Å². The minimum atomic E-state index is -0.392. The highest BCUT2D eigenvalue weighted by molar-refractivity contribution is 8.18. The number of nitrogens with zero attached hydrogens (tertiary/aromatic N) is 1. The van der Waals surface area contributed by atoms with Crippen LogP contribution in [0, 0.1) is 6.92 Å². The van der Waals surface area contributed by atoms with Gasteiger partial charge in [-0.15, -0.1) is 0 Å². The molecule has 0 atom stereocenters. The number of fused-ring (bicyclic) bond motifs is 1. The Morgan fingerprint density at radius 2 is 1.81 bits per heavy atom. The molecule has 5 rings (SSSR count). The van der Waals surface area contributed by atoms with Gasteiger partial charge in [0.25, 0.3) is 11.1 Å². The number of imide groups is 1. The van der Waals surface area contributed by atoms with Crippen molar-refractivity contribution in [2.45, 2.75) is 13.5 Å². The number of thioether (sulfide) groups is 1. The average Bonchev–Trinajstić information content (AvgIpc) is 3.45. The van der Waals surface area contributed by atoms with Crippen molar-refractivity contribution in [2.75, 3.05) is 6.79 Å². The molecule has 3 aromatic rings. The summed E-state index contributed by atoms with van der Waals surface area (Å²) >= 11 is 7.17. The first-order valence-electron chi connectivity index (χ1n) is 9.48. The molecule has 0 unspecified atom stereocenters. The second-order valence-electron chi connectivity index (χ2n) is 7.13. The highest BCUT2D eigenvalue weighted by Crippen LogP contribution is 2.39. The number of benzene rings is 2. The molecule has 2 amide bonds. The standard InChI is InChI=1S/C23H16ClNO5S/c1-13-2-4-14(5-3-13)18-7-6-16(30-18)9-21-22(26)25(23(27)31-21)11-15-8-19-20(10-17(15)24)29-12-28-19/h2-10H,11-12H2,1H3/b21-9-. The lowest BCUT2D eigenvalue weighted by molar-refractivity contribution is -0.123. The van der Waals surface area contributed by atoms with E-state index >= 15 is 0 Å². The molecule has 1 fully saturated rings. The minimum absolute atomic E-state index is 0.0459. The summed E-state index contributed by atoms with van der Waals surface area (Å²) in [5.74, 6) is 1.89. The minimum Gasteiger partial charge on any atom is -0.457 e. The van der Waals surface area contributed by atoms with Crippen LogP contribution in [0.4, 0.5) is 4.79 Å². The van der Waals surface area contributed by atoms with Crippen molar-refractivity contribution in [3.8, 4) is 22.8 Å². The van der Waals surface area contributed by atoms with E-state index in [1.807, 2.05) is 37.3 Å². The Labute approximate surface area is 187 Å². The largest absolute Gasteiger partial charge is 0.457 e. The molecule has 2 aromatic carbocycles. The number of hydrogen-bond acceptors (Lipinski definition) is 6. The molecule has 0 radical (unpaired) electrons. The van der Waals surface area contributed by atoms with E-state index in [4.69, 9.17) is 25.5 Å². The third kappa shape index (κ3) is 3.82. The van der Waals surface area contributed by atoms with Crippen molar-refractivity contribution in [1.29, 1.82) is 0 Å². The van der Waals surface area contributed by atoms with Crippen LogP contribution in [-0.2, 0) is 11.3 Å². The van der Waals surface area contributed by atoms with Gasteiger partial charge in [-0.3, -0.25) is 14.5 Å². The molecule has 8 heteroatoms. The van der Waals surface area contributed by atoms with Crippen LogP contribution in [0.1, 0.15) is 16.9 Å². The van der Waals surface area contributed by atoms with Crippen LogP contribution in [0.2, 0.25) is 5.02 Å². The van der Waals surface area contributed by atoms with Crippen molar-refractivity contribution in [1.82, 2.24) is 4.90 Å². The van der Waals surface area contributed by atoms with Gasteiger partial charge in [0.05, 0.1) is 11.4 Å². The first-order valence-corrected chi connectivity index (χ1v) is 10.7. The Hall–Kier alpha value is -3.16. The van der Waals surface area contributed by atoms with Crippen LogP contribution in [0.5, 0.6) is 11.5 Å². The van der Waals surface area contributed by atoms with Crippen LogP contribution < -0.4 is 9.47 Å². The number of amides is 2. The highest BCUT2D eigenvalue weighted by atomic mass is 35.5. The highest BCUT2D eigenvalue weighted by Gasteiger charge is 2.36. The molecule has 31 heavy (non-hydrogen) atoms. The number of furan rings is 1. The van der Waals surface area contributed by atoms with Gasteiger partial charge in [0.15, 0.2) is 11.5 Å². The van der Waals surface area contributed by atoms with E-state index in [1.165, 1.54) is 0 Å². The maximum absolute atomic E-state index is 12.9. The fourth-order valence-corrected chi connectivity index (χ4v) is 4.35. The predicted octanol–water partition coefficient (Wildman–Crippen LogP) is 5.87. The smallest absolute Gasteiger partial charge is 0.293 e. The van der Waals surface area contributed by atoms with Crippen molar-refractivity contribution >= 4 is 40.6 Å². The summed E-state index contributed by atoms with van der Waals surface area (Å²) < 4.78 is 16.5. The molecule has 0 spiro atoms. The number of aryl methyl sites for hydroxylation is 1. The molecular weight excluding hydrogens is 438 g/mol. The first kappa shape index (κ1) is 19.8. The zero-order chi connectivity index (χ0) is 21.5. The molecule has 1 aromatic heterocycles. The van der Waals surface area contributed by atoms with Gasteiger partial charge >= 0.3 is 0 Å². The van der Waals surface area contributed by atoms with Crippen molar-refractivity contribution in [2.24, 2.45) is 0 Å². The van der Waals surface area contributed by atoms with E-state index in [1.54, 1.807) is 24.3 Å². The summed E-state index contributed by atoms with van der Waals surface area (Å²) in [6.45, 7) is 2.18. The molecule has 6 nitrogen and oxygen atoms in total. The molecule has 3 heterocycles. The van der Waals surface area contributed by atoms with E-state index in [2.05, 4.69) is 0 Å². The van der Waals surface area contributed by atoms with Crippen LogP contribution in [-0.4, -0.2) is 22.8 Å². The van der Waals surface area contributed by atoms with Crippen LogP contribution in [0.15, 0.2) is 57.9 Å². The fraction of sp³-hybridized carbons (Fsp3) is 0.130. The lowest BCUT2D eigenvalue weighted by atomic mass is 10.1. The Balaban J connectivity index is 1.36. The Morgan fingerprint density at radius 1 is 1.06 bits per heavy atom. The van der Waals surface area contributed by atoms with Crippen LogP contribution >= 0.6 is 23.4 Å². The van der Waals surface area contributed by atoms with E-state index < -0.39 is 5.91 Å². The predicted molar refractivity (Wildman–Crippen MR) is 118 cm³/mol. The SMILES string of the molecule is Cc1ccc(-c2ccc(/C=C3\SC(=O)N(Cc4cc5c(cc4Cl)OCO5)C3=O)o2)cc1. The lowest BCUT2D eigenvalue weighted by Gasteiger charge is -2.14. The Kier molecular flexibility index (Phi) is 5.00. The molecule has 0 bridgehead atoms. The van der Waals surface area contributed by atoms with Gasteiger partial charge in [-0.25, -0.2) is 0 Å². The van der Waals surface area contributed by atoms with Gasteiger partial charge in [-0.2, -0.15) is 0 Å². The first-order chi connectivity index (χ1) is 15.0. The van der Waals surface area contributed by atoms with Gasteiger partial charge < -0.3 is 13.9 Å².